The molecule has 0 atom stereocenters. The van der Waals surface area contributed by atoms with Crippen LogP contribution in [-0.4, -0.2) is 81.6 Å². The van der Waals surface area contributed by atoms with Crippen molar-refractivity contribution in [1.82, 2.24) is 30.4 Å². The minimum absolute atomic E-state index is 0.0509. The van der Waals surface area contributed by atoms with E-state index < -0.39 is 0 Å². The van der Waals surface area contributed by atoms with Gasteiger partial charge in [-0.2, -0.15) is 5.21 Å². The van der Waals surface area contributed by atoms with Crippen molar-refractivity contribution in [3.63, 3.8) is 0 Å². The van der Waals surface area contributed by atoms with Gasteiger partial charge in [0.2, 0.25) is 11.7 Å². The molecule has 3 heterocycles. The fraction of sp³-hybridized carbons (Fsp3) is 0.526. The smallest absolute Gasteiger partial charge is 0.254 e. The molecule has 1 aromatic heterocycles. The number of ether oxygens (including phenoxy) is 1. The topological polar surface area (TPSA) is 104 Å². The fourth-order valence-corrected chi connectivity index (χ4v) is 3.85. The van der Waals surface area contributed by atoms with Gasteiger partial charge in [-0.1, -0.05) is 18.2 Å². The van der Waals surface area contributed by atoms with Gasteiger partial charge >= 0.3 is 0 Å². The van der Waals surface area contributed by atoms with Gasteiger partial charge in [-0.15, -0.1) is 10.2 Å². The monoisotopic (exact) mass is 384 g/mol. The maximum atomic E-state index is 13.2. The number of carbonyl (C=O) groups excluding carboxylic acids is 2. The number of tetrazole rings is 1. The van der Waals surface area contributed by atoms with Crippen molar-refractivity contribution in [2.24, 2.45) is 5.92 Å². The summed E-state index contributed by atoms with van der Waals surface area (Å²) in [5, 5.41) is 14.0. The summed E-state index contributed by atoms with van der Waals surface area (Å²) in [5.74, 6) is 0.579. The van der Waals surface area contributed by atoms with Crippen LogP contribution in [0.1, 0.15) is 29.6 Å². The van der Waals surface area contributed by atoms with Crippen LogP contribution >= 0.6 is 0 Å². The Hall–Kier alpha value is -2.81. The standard InChI is InChI=1S/C19H24N6O3/c26-18(14-6-12-28-13-7-14)24-8-3-9-25(11-10-24)19(27)16-5-2-1-4-15(16)17-20-22-23-21-17/h1-2,4-5,14H,3,6-13H2,(H,20,21,22,23). The molecule has 0 bridgehead atoms. The molecular formula is C19H24N6O3. The lowest BCUT2D eigenvalue weighted by Crippen LogP contribution is -2.41. The number of aromatic nitrogens is 4. The average Bonchev–Trinajstić information content (AvgIpc) is 3.18. The minimum atomic E-state index is -0.0687. The molecule has 4 rings (SSSR count). The summed E-state index contributed by atoms with van der Waals surface area (Å²) < 4.78 is 5.36. The summed E-state index contributed by atoms with van der Waals surface area (Å²) in [6.07, 6.45) is 2.34. The zero-order chi connectivity index (χ0) is 19.3. The van der Waals surface area contributed by atoms with E-state index in [0.29, 0.717) is 56.3 Å². The Labute approximate surface area is 163 Å². The summed E-state index contributed by atoms with van der Waals surface area (Å²) in [5.41, 5.74) is 1.20. The predicted molar refractivity (Wildman–Crippen MR) is 100 cm³/mol. The molecule has 9 heteroatoms. The average molecular weight is 384 g/mol. The molecule has 2 aliphatic heterocycles. The van der Waals surface area contributed by atoms with E-state index in [1.54, 1.807) is 6.07 Å². The lowest BCUT2D eigenvalue weighted by Gasteiger charge is -2.28. The fourth-order valence-electron chi connectivity index (χ4n) is 3.85. The number of benzene rings is 1. The Balaban J connectivity index is 1.45. The maximum Gasteiger partial charge on any atom is 0.254 e. The molecule has 0 unspecified atom stereocenters. The quantitative estimate of drug-likeness (QED) is 0.846. The van der Waals surface area contributed by atoms with E-state index in [4.69, 9.17) is 4.74 Å². The maximum absolute atomic E-state index is 13.2. The predicted octanol–water partition coefficient (Wildman–Crippen LogP) is 0.968. The SMILES string of the molecule is O=C(c1ccccc1-c1nn[nH]n1)N1CCCN(C(=O)C2CCOCC2)CC1. The molecule has 148 valence electrons. The zero-order valence-electron chi connectivity index (χ0n) is 15.7. The largest absolute Gasteiger partial charge is 0.381 e. The molecule has 2 fully saturated rings. The molecule has 9 nitrogen and oxygen atoms in total. The van der Waals surface area contributed by atoms with E-state index in [-0.39, 0.29) is 17.7 Å². The lowest BCUT2D eigenvalue weighted by atomic mass is 9.98. The summed E-state index contributed by atoms with van der Waals surface area (Å²) in [6.45, 7) is 3.70. The van der Waals surface area contributed by atoms with Crippen LogP contribution in [0.15, 0.2) is 24.3 Å². The van der Waals surface area contributed by atoms with Crippen LogP contribution in [0.2, 0.25) is 0 Å². The highest BCUT2D eigenvalue weighted by Crippen LogP contribution is 2.22. The second-order valence-electron chi connectivity index (χ2n) is 7.14. The van der Waals surface area contributed by atoms with Gasteiger partial charge in [0.15, 0.2) is 0 Å². The Morgan fingerprint density at radius 1 is 1.04 bits per heavy atom. The summed E-state index contributed by atoms with van der Waals surface area (Å²) in [4.78, 5) is 29.7. The van der Waals surface area contributed by atoms with Gasteiger partial charge < -0.3 is 14.5 Å². The highest BCUT2D eigenvalue weighted by atomic mass is 16.5. The van der Waals surface area contributed by atoms with Crippen molar-refractivity contribution in [2.75, 3.05) is 39.4 Å². The summed E-state index contributed by atoms with van der Waals surface area (Å²) >= 11 is 0. The van der Waals surface area contributed by atoms with Crippen molar-refractivity contribution in [1.29, 1.82) is 0 Å². The Morgan fingerprint density at radius 2 is 1.79 bits per heavy atom. The van der Waals surface area contributed by atoms with E-state index in [2.05, 4.69) is 20.6 Å². The van der Waals surface area contributed by atoms with E-state index in [0.717, 1.165) is 19.3 Å². The normalized spacial score (nSPS) is 18.7. The van der Waals surface area contributed by atoms with Gasteiger partial charge in [0.05, 0.1) is 5.56 Å². The third-order valence-electron chi connectivity index (χ3n) is 5.41. The summed E-state index contributed by atoms with van der Waals surface area (Å²) in [6, 6.07) is 7.27. The molecular weight excluding hydrogens is 360 g/mol. The van der Waals surface area contributed by atoms with Crippen LogP contribution in [0.25, 0.3) is 11.4 Å². The first-order chi connectivity index (χ1) is 13.7. The van der Waals surface area contributed by atoms with E-state index in [1.165, 1.54) is 0 Å². The molecule has 28 heavy (non-hydrogen) atoms. The van der Waals surface area contributed by atoms with Crippen LogP contribution in [0.5, 0.6) is 0 Å². The van der Waals surface area contributed by atoms with Crippen molar-refractivity contribution < 1.29 is 14.3 Å². The van der Waals surface area contributed by atoms with Crippen LogP contribution in [-0.2, 0) is 9.53 Å². The van der Waals surface area contributed by atoms with E-state index >= 15 is 0 Å². The number of aromatic amines is 1. The highest BCUT2D eigenvalue weighted by Gasteiger charge is 2.29. The lowest BCUT2D eigenvalue weighted by molar-refractivity contribution is -0.138. The van der Waals surface area contributed by atoms with E-state index in [9.17, 15) is 9.59 Å². The molecule has 2 aromatic rings. The van der Waals surface area contributed by atoms with Crippen molar-refractivity contribution in [3.8, 4) is 11.4 Å². The van der Waals surface area contributed by atoms with Crippen LogP contribution in [0, 0.1) is 5.92 Å². The third kappa shape index (κ3) is 3.89. The molecule has 0 spiro atoms. The van der Waals surface area contributed by atoms with Crippen LogP contribution < -0.4 is 0 Å². The Bertz CT molecular complexity index is 819. The van der Waals surface area contributed by atoms with Gasteiger partial charge in [0.25, 0.3) is 5.91 Å². The second-order valence-corrected chi connectivity index (χ2v) is 7.14. The molecule has 1 aromatic carbocycles. The zero-order valence-corrected chi connectivity index (χ0v) is 15.7. The van der Waals surface area contributed by atoms with Gasteiger partial charge in [0.1, 0.15) is 0 Å². The molecule has 2 saturated heterocycles. The second kappa shape index (κ2) is 8.47. The molecule has 0 aliphatic carbocycles. The van der Waals surface area contributed by atoms with Crippen LogP contribution in [0.4, 0.5) is 0 Å². The van der Waals surface area contributed by atoms with Gasteiger partial charge in [0, 0.05) is 50.9 Å². The molecule has 1 N–H and O–H groups in total. The number of H-pyrrole nitrogens is 1. The van der Waals surface area contributed by atoms with E-state index in [1.807, 2.05) is 28.0 Å². The number of carbonyl (C=O) groups is 2. The van der Waals surface area contributed by atoms with Gasteiger partial charge in [-0.3, -0.25) is 9.59 Å². The van der Waals surface area contributed by atoms with Crippen molar-refractivity contribution in [2.45, 2.75) is 19.3 Å². The number of hydrogen-bond acceptors (Lipinski definition) is 6. The molecule has 2 aliphatic rings. The Kier molecular flexibility index (Phi) is 5.61. The molecule has 2 amide bonds. The number of nitrogens with zero attached hydrogens (tertiary/aromatic N) is 5. The van der Waals surface area contributed by atoms with Crippen molar-refractivity contribution in [3.05, 3.63) is 29.8 Å². The first kappa shape index (κ1) is 18.5. The number of nitrogens with one attached hydrogen (secondary N) is 1. The molecule has 0 saturated carbocycles. The third-order valence-corrected chi connectivity index (χ3v) is 5.41. The summed E-state index contributed by atoms with van der Waals surface area (Å²) in [7, 11) is 0. The molecule has 0 radical (unpaired) electrons. The van der Waals surface area contributed by atoms with Gasteiger partial charge in [-0.25, -0.2) is 0 Å². The highest BCUT2D eigenvalue weighted by molar-refractivity contribution is 6.00. The number of rotatable bonds is 3. The minimum Gasteiger partial charge on any atom is -0.381 e. The van der Waals surface area contributed by atoms with Gasteiger partial charge in [-0.05, 0) is 30.5 Å². The van der Waals surface area contributed by atoms with Crippen LogP contribution in [0.3, 0.4) is 0 Å². The first-order valence-corrected chi connectivity index (χ1v) is 9.72. The Morgan fingerprint density at radius 3 is 2.57 bits per heavy atom. The number of amides is 2. The number of hydrogen-bond donors (Lipinski definition) is 1. The van der Waals surface area contributed by atoms with Crippen molar-refractivity contribution >= 4 is 11.8 Å². The first-order valence-electron chi connectivity index (χ1n) is 9.72.